The maximum Gasteiger partial charge on any atom is 0.266 e. The van der Waals surface area contributed by atoms with Crippen molar-refractivity contribution in [3.8, 4) is 11.8 Å². The summed E-state index contributed by atoms with van der Waals surface area (Å²) >= 11 is 12.2. The van der Waals surface area contributed by atoms with Crippen molar-refractivity contribution in [3.63, 3.8) is 0 Å². The maximum atomic E-state index is 12.4. The van der Waals surface area contributed by atoms with Crippen LogP contribution in [0.5, 0.6) is 5.75 Å². The van der Waals surface area contributed by atoms with Gasteiger partial charge in [-0.25, -0.2) is 0 Å². The van der Waals surface area contributed by atoms with E-state index in [0.717, 1.165) is 11.1 Å². The van der Waals surface area contributed by atoms with Crippen LogP contribution in [-0.4, -0.2) is 5.91 Å². The summed E-state index contributed by atoms with van der Waals surface area (Å²) in [6.07, 6.45) is 1.47. The summed E-state index contributed by atoms with van der Waals surface area (Å²) in [6.45, 7) is 2.41. The molecule has 0 radical (unpaired) electrons. The van der Waals surface area contributed by atoms with Crippen molar-refractivity contribution in [2.24, 2.45) is 0 Å². The van der Waals surface area contributed by atoms with Crippen molar-refractivity contribution in [1.29, 1.82) is 5.26 Å². The van der Waals surface area contributed by atoms with Crippen LogP contribution in [0.1, 0.15) is 16.7 Å². The molecule has 0 aliphatic rings. The van der Waals surface area contributed by atoms with Crippen LogP contribution < -0.4 is 10.1 Å². The van der Waals surface area contributed by atoms with E-state index in [9.17, 15) is 10.1 Å². The second-order valence-corrected chi connectivity index (χ2v) is 7.45. The van der Waals surface area contributed by atoms with Crippen molar-refractivity contribution in [2.45, 2.75) is 13.5 Å². The van der Waals surface area contributed by atoms with Crippen molar-refractivity contribution in [1.82, 2.24) is 0 Å². The van der Waals surface area contributed by atoms with Crippen molar-refractivity contribution in [3.05, 3.63) is 99.0 Å². The van der Waals surface area contributed by atoms with E-state index >= 15 is 0 Å². The monoisotopic (exact) mass is 436 g/mol. The number of nitriles is 1. The first-order valence-electron chi connectivity index (χ1n) is 9.11. The van der Waals surface area contributed by atoms with Crippen LogP contribution in [-0.2, 0) is 11.4 Å². The summed E-state index contributed by atoms with van der Waals surface area (Å²) in [7, 11) is 0. The van der Waals surface area contributed by atoms with Gasteiger partial charge in [-0.05, 0) is 54.5 Å². The highest BCUT2D eigenvalue weighted by atomic mass is 35.5. The number of nitrogens with one attached hydrogen (secondary N) is 1. The average molecular weight is 437 g/mol. The molecule has 1 amide bonds. The number of rotatable bonds is 6. The lowest BCUT2D eigenvalue weighted by atomic mass is 10.1. The van der Waals surface area contributed by atoms with Crippen LogP contribution >= 0.6 is 23.2 Å². The molecule has 0 aromatic heterocycles. The van der Waals surface area contributed by atoms with Gasteiger partial charge >= 0.3 is 0 Å². The van der Waals surface area contributed by atoms with Crippen LogP contribution in [0.3, 0.4) is 0 Å². The maximum absolute atomic E-state index is 12.4. The number of nitrogens with zero attached hydrogens (tertiary/aromatic N) is 1. The first kappa shape index (κ1) is 21.4. The van der Waals surface area contributed by atoms with Gasteiger partial charge in [0.2, 0.25) is 0 Å². The van der Waals surface area contributed by atoms with Gasteiger partial charge in [-0.2, -0.15) is 5.26 Å². The molecule has 0 saturated heterocycles. The molecular weight excluding hydrogens is 419 g/mol. The quantitative estimate of drug-likeness (QED) is 0.357. The van der Waals surface area contributed by atoms with Crippen LogP contribution in [0.4, 0.5) is 5.69 Å². The fraction of sp³-hybridized carbons (Fsp3) is 0.0833. The molecule has 3 rings (SSSR count). The van der Waals surface area contributed by atoms with Gasteiger partial charge in [-0.15, -0.1) is 0 Å². The normalized spacial score (nSPS) is 10.9. The molecule has 6 heteroatoms. The lowest BCUT2D eigenvalue weighted by Crippen LogP contribution is -2.13. The lowest BCUT2D eigenvalue weighted by Gasteiger charge is -2.09. The van der Waals surface area contributed by atoms with Gasteiger partial charge in [0.15, 0.2) is 0 Å². The van der Waals surface area contributed by atoms with Crippen molar-refractivity contribution in [2.75, 3.05) is 5.32 Å². The van der Waals surface area contributed by atoms with Crippen LogP contribution in [0.2, 0.25) is 10.0 Å². The Hall–Kier alpha value is -3.26. The molecule has 0 spiro atoms. The van der Waals surface area contributed by atoms with Gasteiger partial charge in [-0.3, -0.25) is 4.79 Å². The molecule has 0 bridgehead atoms. The van der Waals surface area contributed by atoms with E-state index in [1.54, 1.807) is 42.5 Å². The number of carbonyl (C=O) groups excluding carboxylic acids is 1. The largest absolute Gasteiger partial charge is 0.487 e. The zero-order valence-electron chi connectivity index (χ0n) is 16.2. The molecule has 0 fully saturated rings. The minimum Gasteiger partial charge on any atom is -0.487 e. The molecule has 30 heavy (non-hydrogen) atoms. The first-order chi connectivity index (χ1) is 14.4. The number of amides is 1. The summed E-state index contributed by atoms with van der Waals surface area (Å²) in [6, 6.07) is 21.7. The first-order valence-corrected chi connectivity index (χ1v) is 9.87. The minimum absolute atomic E-state index is 0.0560. The minimum atomic E-state index is -0.532. The van der Waals surface area contributed by atoms with E-state index in [-0.39, 0.29) is 5.57 Å². The molecule has 0 aliphatic carbocycles. The second-order valence-electron chi connectivity index (χ2n) is 6.60. The Balaban J connectivity index is 1.71. The topological polar surface area (TPSA) is 62.1 Å². The summed E-state index contributed by atoms with van der Waals surface area (Å²) in [5.41, 5.74) is 3.26. The molecule has 150 valence electrons. The summed E-state index contributed by atoms with van der Waals surface area (Å²) in [5.74, 6) is -0.00660. The Kier molecular flexibility index (Phi) is 7.13. The van der Waals surface area contributed by atoms with Gasteiger partial charge in [-0.1, -0.05) is 65.2 Å². The third-order valence-corrected chi connectivity index (χ3v) is 4.72. The van der Waals surface area contributed by atoms with Gasteiger partial charge in [0.05, 0.1) is 5.02 Å². The van der Waals surface area contributed by atoms with Gasteiger partial charge < -0.3 is 10.1 Å². The van der Waals surface area contributed by atoms with Gasteiger partial charge in [0.25, 0.3) is 5.91 Å². The SMILES string of the molecule is Cc1cccc(COc2ccc(/C=C(\C#N)C(=O)Nc3cccc(Cl)c3)cc2Cl)c1. The Morgan fingerprint density at radius 3 is 2.60 bits per heavy atom. The predicted octanol–water partition coefficient (Wildman–Crippen LogP) is 6.43. The van der Waals surface area contributed by atoms with Crippen molar-refractivity contribution >= 4 is 40.9 Å². The van der Waals surface area contributed by atoms with Crippen LogP contribution in [0, 0.1) is 18.3 Å². The lowest BCUT2D eigenvalue weighted by molar-refractivity contribution is -0.112. The molecule has 1 N–H and O–H groups in total. The van der Waals surface area contributed by atoms with E-state index in [1.165, 1.54) is 6.08 Å². The number of halogens is 2. The van der Waals surface area contributed by atoms with E-state index in [1.807, 2.05) is 37.3 Å². The molecule has 0 saturated carbocycles. The second kappa shape index (κ2) is 9.98. The fourth-order valence-corrected chi connectivity index (χ4v) is 3.20. The smallest absolute Gasteiger partial charge is 0.266 e. The zero-order chi connectivity index (χ0) is 21.5. The highest BCUT2D eigenvalue weighted by Gasteiger charge is 2.11. The van der Waals surface area contributed by atoms with Crippen molar-refractivity contribution < 1.29 is 9.53 Å². The number of aryl methyl sites for hydroxylation is 1. The summed E-state index contributed by atoms with van der Waals surface area (Å²) in [4.78, 5) is 12.4. The highest BCUT2D eigenvalue weighted by molar-refractivity contribution is 6.32. The number of hydrogen-bond donors (Lipinski definition) is 1. The third-order valence-electron chi connectivity index (χ3n) is 4.19. The molecule has 0 aliphatic heterocycles. The molecule has 3 aromatic rings. The van der Waals surface area contributed by atoms with Gasteiger partial charge in [0, 0.05) is 10.7 Å². The molecule has 0 unspecified atom stereocenters. The van der Waals surface area contributed by atoms with Crippen LogP contribution in [0.25, 0.3) is 6.08 Å². The highest BCUT2D eigenvalue weighted by Crippen LogP contribution is 2.27. The van der Waals surface area contributed by atoms with E-state index < -0.39 is 5.91 Å². The van der Waals surface area contributed by atoms with E-state index in [0.29, 0.717) is 33.7 Å². The Morgan fingerprint density at radius 1 is 1.10 bits per heavy atom. The molecular formula is C24H18Cl2N2O2. The number of anilines is 1. The molecule has 4 nitrogen and oxygen atoms in total. The fourth-order valence-electron chi connectivity index (χ4n) is 2.77. The number of hydrogen-bond acceptors (Lipinski definition) is 3. The summed E-state index contributed by atoms with van der Waals surface area (Å²) in [5, 5.41) is 12.9. The number of benzene rings is 3. The Bertz CT molecular complexity index is 1150. The Labute approximate surface area is 185 Å². The van der Waals surface area contributed by atoms with E-state index in [2.05, 4.69) is 5.32 Å². The third kappa shape index (κ3) is 5.87. The number of ether oxygens (including phenoxy) is 1. The molecule has 3 aromatic carbocycles. The Morgan fingerprint density at radius 2 is 1.90 bits per heavy atom. The standard InChI is InChI=1S/C24H18Cl2N2O2/c1-16-4-2-5-18(10-16)15-30-23-9-8-17(12-22(23)26)11-19(14-27)24(29)28-21-7-3-6-20(25)13-21/h2-13H,15H2,1H3,(H,28,29)/b19-11+. The molecule has 0 atom stereocenters. The van der Waals surface area contributed by atoms with Crippen LogP contribution in [0.15, 0.2) is 72.3 Å². The number of carbonyl (C=O) groups is 1. The average Bonchev–Trinajstić information content (AvgIpc) is 2.71. The molecule has 0 heterocycles. The predicted molar refractivity (Wildman–Crippen MR) is 121 cm³/mol. The van der Waals surface area contributed by atoms with E-state index in [4.69, 9.17) is 27.9 Å². The summed E-state index contributed by atoms with van der Waals surface area (Å²) < 4.78 is 5.79. The van der Waals surface area contributed by atoms with Gasteiger partial charge in [0.1, 0.15) is 24.0 Å². The zero-order valence-corrected chi connectivity index (χ0v) is 17.7.